The van der Waals surface area contributed by atoms with Crippen LogP contribution in [0.25, 0.3) is 0 Å². The molecule has 2 atom stereocenters. The van der Waals surface area contributed by atoms with E-state index >= 15 is 0 Å². The fraction of sp³-hybridized carbons (Fsp3) is 1.00. The third-order valence-electron chi connectivity index (χ3n) is 3.77. The zero-order valence-corrected chi connectivity index (χ0v) is 11.6. The van der Waals surface area contributed by atoms with Crippen LogP contribution in [0.15, 0.2) is 0 Å². The first-order chi connectivity index (χ1) is 7.69. The van der Waals surface area contributed by atoms with Crippen LogP contribution < -0.4 is 5.32 Å². The molecule has 1 aliphatic rings. The SMILES string of the molecule is CCCCN(C(C)CC)C(C)CNC1CC1. The van der Waals surface area contributed by atoms with Crippen molar-refractivity contribution in [3.05, 3.63) is 0 Å². The van der Waals surface area contributed by atoms with Gasteiger partial charge in [-0.3, -0.25) is 4.90 Å². The maximum absolute atomic E-state index is 3.65. The topological polar surface area (TPSA) is 15.3 Å². The lowest BCUT2D eigenvalue weighted by molar-refractivity contribution is 0.144. The van der Waals surface area contributed by atoms with Crippen molar-refractivity contribution in [2.45, 2.75) is 77.9 Å². The van der Waals surface area contributed by atoms with E-state index in [2.05, 4.69) is 37.9 Å². The smallest absolute Gasteiger partial charge is 0.0195 e. The largest absolute Gasteiger partial charge is 0.312 e. The van der Waals surface area contributed by atoms with Crippen LogP contribution in [0.3, 0.4) is 0 Å². The maximum atomic E-state index is 3.65. The van der Waals surface area contributed by atoms with Crippen molar-refractivity contribution < 1.29 is 0 Å². The van der Waals surface area contributed by atoms with Gasteiger partial charge < -0.3 is 5.32 Å². The summed E-state index contributed by atoms with van der Waals surface area (Å²) in [6, 6.07) is 2.25. The Labute approximate surface area is 102 Å². The Morgan fingerprint density at radius 1 is 1.19 bits per heavy atom. The molecule has 2 unspecified atom stereocenters. The summed E-state index contributed by atoms with van der Waals surface area (Å²) in [6.07, 6.45) is 6.68. The van der Waals surface area contributed by atoms with Crippen molar-refractivity contribution in [1.29, 1.82) is 0 Å². The predicted octanol–water partition coefficient (Wildman–Crippen LogP) is 3.03. The maximum Gasteiger partial charge on any atom is 0.0195 e. The van der Waals surface area contributed by atoms with E-state index < -0.39 is 0 Å². The molecule has 16 heavy (non-hydrogen) atoms. The fourth-order valence-electron chi connectivity index (χ4n) is 2.19. The lowest BCUT2D eigenvalue weighted by Gasteiger charge is -2.34. The molecule has 96 valence electrons. The number of nitrogens with one attached hydrogen (secondary N) is 1. The lowest BCUT2D eigenvalue weighted by Crippen LogP contribution is -2.46. The minimum absolute atomic E-state index is 0.682. The number of hydrogen-bond acceptors (Lipinski definition) is 2. The molecule has 1 aliphatic carbocycles. The van der Waals surface area contributed by atoms with Crippen LogP contribution in [-0.4, -0.2) is 36.1 Å². The van der Waals surface area contributed by atoms with E-state index in [1.54, 1.807) is 0 Å². The van der Waals surface area contributed by atoms with E-state index in [-0.39, 0.29) is 0 Å². The molecular weight excluding hydrogens is 196 g/mol. The van der Waals surface area contributed by atoms with E-state index in [4.69, 9.17) is 0 Å². The highest BCUT2D eigenvalue weighted by Gasteiger charge is 2.23. The van der Waals surface area contributed by atoms with Crippen molar-refractivity contribution in [3.63, 3.8) is 0 Å². The van der Waals surface area contributed by atoms with Gasteiger partial charge in [-0.2, -0.15) is 0 Å². The second-order valence-corrected chi connectivity index (χ2v) is 5.38. The van der Waals surface area contributed by atoms with Crippen molar-refractivity contribution in [2.75, 3.05) is 13.1 Å². The van der Waals surface area contributed by atoms with Gasteiger partial charge in [-0.25, -0.2) is 0 Å². The normalized spacial score (nSPS) is 20.1. The van der Waals surface area contributed by atoms with Gasteiger partial charge in [0.25, 0.3) is 0 Å². The van der Waals surface area contributed by atoms with E-state index in [1.807, 2.05) is 0 Å². The van der Waals surface area contributed by atoms with E-state index in [1.165, 1.54) is 45.2 Å². The van der Waals surface area contributed by atoms with E-state index in [0.29, 0.717) is 6.04 Å². The van der Waals surface area contributed by atoms with E-state index in [0.717, 1.165) is 12.1 Å². The van der Waals surface area contributed by atoms with Gasteiger partial charge in [-0.15, -0.1) is 0 Å². The van der Waals surface area contributed by atoms with Gasteiger partial charge in [0.05, 0.1) is 0 Å². The molecule has 0 radical (unpaired) electrons. The zero-order chi connectivity index (χ0) is 12.0. The Balaban J connectivity index is 2.31. The molecule has 1 rings (SSSR count). The van der Waals surface area contributed by atoms with Crippen LogP contribution in [0, 0.1) is 0 Å². The Hall–Kier alpha value is -0.0800. The molecule has 0 amide bonds. The van der Waals surface area contributed by atoms with Gasteiger partial charge >= 0.3 is 0 Å². The molecule has 0 spiro atoms. The molecule has 0 aliphatic heterocycles. The molecule has 0 bridgehead atoms. The van der Waals surface area contributed by atoms with Crippen molar-refractivity contribution in [2.24, 2.45) is 0 Å². The van der Waals surface area contributed by atoms with Crippen LogP contribution in [-0.2, 0) is 0 Å². The third-order valence-corrected chi connectivity index (χ3v) is 3.77. The van der Waals surface area contributed by atoms with Crippen LogP contribution in [0.1, 0.15) is 59.8 Å². The van der Waals surface area contributed by atoms with Gasteiger partial charge in [0.15, 0.2) is 0 Å². The summed E-state index contributed by atoms with van der Waals surface area (Å²) in [5.74, 6) is 0. The summed E-state index contributed by atoms with van der Waals surface area (Å²) in [6.45, 7) is 11.7. The first-order valence-electron chi connectivity index (χ1n) is 7.18. The monoisotopic (exact) mass is 226 g/mol. The highest BCUT2D eigenvalue weighted by atomic mass is 15.2. The second-order valence-electron chi connectivity index (χ2n) is 5.38. The van der Waals surface area contributed by atoms with Gasteiger partial charge in [-0.05, 0) is 46.1 Å². The third kappa shape index (κ3) is 4.84. The molecule has 1 fully saturated rings. The summed E-state index contributed by atoms with van der Waals surface area (Å²) in [5, 5.41) is 3.65. The highest BCUT2D eigenvalue weighted by Crippen LogP contribution is 2.19. The predicted molar refractivity (Wildman–Crippen MR) is 71.9 cm³/mol. The average Bonchev–Trinajstić information content (AvgIpc) is 3.10. The molecule has 0 aromatic heterocycles. The van der Waals surface area contributed by atoms with Gasteiger partial charge in [0.1, 0.15) is 0 Å². The van der Waals surface area contributed by atoms with Crippen molar-refractivity contribution in [3.8, 4) is 0 Å². The average molecular weight is 226 g/mol. The van der Waals surface area contributed by atoms with E-state index in [9.17, 15) is 0 Å². The lowest BCUT2D eigenvalue weighted by atomic mass is 10.1. The molecule has 2 nitrogen and oxygen atoms in total. The minimum Gasteiger partial charge on any atom is -0.312 e. The molecule has 0 aromatic rings. The minimum atomic E-state index is 0.682. The summed E-state index contributed by atoms with van der Waals surface area (Å²) >= 11 is 0. The Bertz CT molecular complexity index is 178. The quantitative estimate of drug-likeness (QED) is 0.650. The number of nitrogens with zero attached hydrogens (tertiary/aromatic N) is 1. The second kappa shape index (κ2) is 7.29. The summed E-state index contributed by atoms with van der Waals surface area (Å²) < 4.78 is 0. The number of hydrogen-bond donors (Lipinski definition) is 1. The van der Waals surface area contributed by atoms with Crippen molar-refractivity contribution in [1.82, 2.24) is 10.2 Å². The Morgan fingerprint density at radius 3 is 2.38 bits per heavy atom. The zero-order valence-electron chi connectivity index (χ0n) is 11.6. The molecule has 1 saturated carbocycles. The molecule has 0 heterocycles. The molecule has 0 aromatic carbocycles. The fourth-order valence-corrected chi connectivity index (χ4v) is 2.19. The summed E-state index contributed by atoms with van der Waals surface area (Å²) in [4.78, 5) is 2.68. The van der Waals surface area contributed by atoms with Crippen molar-refractivity contribution >= 4 is 0 Å². The Morgan fingerprint density at radius 2 is 1.88 bits per heavy atom. The summed E-state index contributed by atoms with van der Waals surface area (Å²) in [5.41, 5.74) is 0. The first kappa shape index (κ1) is 14.0. The number of unbranched alkanes of at least 4 members (excludes halogenated alkanes) is 1. The number of rotatable bonds is 9. The molecular formula is C14H30N2. The molecule has 1 N–H and O–H groups in total. The van der Waals surface area contributed by atoms with Gasteiger partial charge in [0, 0.05) is 24.7 Å². The van der Waals surface area contributed by atoms with Gasteiger partial charge in [0.2, 0.25) is 0 Å². The van der Waals surface area contributed by atoms with Gasteiger partial charge in [-0.1, -0.05) is 20.3 Å². The highest BCUT2D eigenvalue weighted by molar-refractivity contribution is 4.84. The van der Waals surface area contributed by atoms with Crippen LogP contribution in [0.4, 0.5) is 0 Å². The molecule has 2 heteroatoms. The first-order valence-corrected chi connectivity index (χ1v) is 7.18. The summed E-state index contributed by atoms with van der Waals surface area (Å²) in [7, 11) is 0. The van der Waals surface area contributed by atoms with Crippen LogP contribution >= 0.6 is 0 Å². The molecule has 0 saturated heterocycles. The van der Waals surface area contributed by atoms with Crippen LogP contribution in [0.5, 0.6) is 0 Å². The standard InChI is InChI=1S/C14H30N2/c1-5-7-10-16(12(3)6-2)13(4)11-15-14-8-9-14/h12-15H,5-11H2,1-4H3. The Kier molecular flexibility index (Phi) is 6.37. The van der Waals surface area contributed by atoms with Crippen LogP contribution in [0.2, 0.25) is 0 Å².